The van der Waals surface area contributed by atoms with Gasteiger partial charge in [-0.2, -0.15) is 0 Å². The molecule has 2 aromatic rings. The summed E-state index contributed by atoms with van der Waals surface area (Å²) in [6.45, 7) is 3.86. The quantitative estimate of drug-likeness (QED) is 0.228. The van der Waals surface area contributed by atoms with E-state index < -0.39 is 0 Å². The Morgan fingerprint density at radius 3 is 1.31 bits per heavy atom. The van der Waals surface area contributed by atoms with Crippen LogP contribution in [0.15, 0.2) is 36.4 Å². The Balaban J connectivity index is 1.65. The average Bonchev–Trinajstić information content (AvgIpc) is 2.68. The number of aryl methyl sites for hydroxylation is 2. The highest BCUT2D eigenvalue weighted by Crippen LogP contribution is 2.25. The zero-order chi connectivity index (χ0) is 21.2. The molecule has 6 heteroatoms. The highest BCUT2D eigenvalue weighted by Gasteiger charge is 2.15. The third-order valence-corrected chi connectivity index (χ3v) is 5.52. The fourth-order valence-corrected chi connectivity index (χ4v) is 3.85. The third-order valence-electron chi connectivity index (χ3n) is 5.52. The fourth-order valence-electron chi connectivity index (χ4n) is 3.85. The van der Waals surface area contributed by atoms with Gasteiger partial charge in [0.05, 0.1) is 9.85 Å². The Kier molecular flexibility index (Phi) is 8.77. The highest BCUT2D eigenvalue weighted by molar-refractivity contribution is 5.45. The number of nitro benzene ring substituents is 2. The van der Waals surface area contributed by atoms with Crippen LogP contribution in [0.3, 0.4) is 0 Å². The van der Waals surface area contributed by atoms with E-state index in [0.717, 1.165) is 80.0 Å². The summed E-state index contributed by atoms with van der Waals surface area (Å²) in [7, 11) is 0. The van der Waals surface area contributed by atoms with Gasteiger partial charge >= 0.3 is 0 Å². The Labute approximate surface area is 172 Å². The lowest BCUT2D eigenvalue weighted by atomic mass is 9.98. The van der Waals surface area contributed by atoms with E-state index in [0.29, 0.717) is 0 Å². The molecule has 2 aromatic carbocycles. The number of nitro groups is 2. The first-order valence-corrected chi connectivity index (χ1v) is 10.4. The van der Waals surface area contributed by atoms with E-state index in [2.05, 4.69) is 0 Å². The van der Waals surface area contributed by atoms with Crippen molar-refractivity contribution in [2.45, 2.75) is 71.6 Å². The van der Waals surface area contributed by atoms with Crippen LogP contribution in [0.4, 0.5) is 11.4 Å². The lowest BCUT2D eigenvalue weighted by Gasteiger charge is -2.08. The molecule has 0 saturated heterocycles. The van der Waals surface area contributed by atoms with Crippen LogP contribution < -0.4 is 0 Å². The predicted octanol–water partition coefficient (Wildman–Crippen LogP) is 6.64. The maximum Gasteiger partial charge on any atom is 0.272 e. The lowest BCUT2D eigenvalue weighted by Crippen LogP contribution is -1.99. The molecule has 0 fully saturated rings. The Bertz CT molecular complexity index is 779. The summed E-state index contributed by atoms with van der Waals surface area (Å²) in [4.78, 5) is 21.7. The number of unbranched alkanes of at least 4 members (excludes halogenated alkanes) is 6. The Morgan fingerprint density at radius 2 is 0.966 bits per heavy atom. The molecule has 0 aromatic heterocycles. The summed E-state index contributed by atoms with van der Waals surface area (Å²) in [5.41, 5.74) is 4.16. The summed E-state index contributed by atoms with van der Waals surface area (Å²) >= 11 is 0. The first kappa shape index (κ1) is 22.5. The van der Waals surface area contributed by atoms with Crippen molar-refractivity contribution in [1.82, 2.24) is 0 Å². The molecule has 6 nitrogen and oxygen atoms in total. The van der Waals surface area contributed by atoms with Crippen molar-refractivity contribution >= 4 is 11.4 Å². The van der Waals surface area contributed by atoms with Gasteiger partial charge < -0.3 is 0 Å². The summed E-state index contributed by atoms with van der Waals surface area (Å²) < 4.78 is 0. The Hall–Kier alpha value is -2.76. The van der Waals surface area contributed by atoms with Crippen LogP contribution in [0.25, 0.3) is 0 Å². The number of benzene rings is 2. The van der Waals surface area contributed by atoms with E-state index in [1.165, 1.54) is 0 Å². The molecule has 0 radical (unpaired) electrons. The molecular formula is C23H30N2O4. The topological polar surface area (TPSA) is 86.3 Å². The van der Waals surface area contributed by atoms with Gasteiger partial charge in [-0.1, -0.05) is 56.4 Å². The molecule has 0 aliphatic rings. The molecule has 0 bridgehead atoms. The van der Waals surface area contributed by atoms with Crippen molar-refractivity contribution in [3.8, 4) is 0 Å². The maximum atomic E-state index is 11.2. The zero-order valence-corrected chi connectivity index (χ0v) is 17.4. The van der Waals surface area contributed by atoms with Crippen molar-refractivity contribution in [1.29, 1.82) is 0 Å². The van der Waals surface area contributed by atoms with Crippen LogP contribution in [0.1, 0.15) is 67.2 Å². The summed E-state index contributed by atoms with van der Waals surface area (Å²) in [5.74, 6) is 0. The van der Waals surface area contributed by atoms with Crippen LogP contribution in [0.2, 0.25) is 0 Å². The average molecular weight is 399 g/mol. The predicted molar refractivity (Wildman–Crippen MR) is 115 cm³/mol. The van der Waals surface area contributed by atoms with E-state index in [1.54, 1.807) is 24.3 Å². The molecule has 0 heterocycles. The second-order valence-electron chi connectivity index (χ2n) is 7.63. The standard InChI is InChI=1S/C23H30N2O4/c1-18-12-10-16-22(24(26)27)20(18)14-8-6-4-3-5-7-9-15-21-19(2)13-11-17-23(21)25(28)29/h10-13,16-17H,3-9,14-15H2,1-2H3. The van der Waals surface area contributed by atoms with Gasteiger partial charge in [-0.15, -0.1) is 0 Å². The van der Waals surface area contributed by atoms with E-state index in [-0.39, 0.29) is 21.2 Å². The zero-order valence-electron chi connectivity index (χ0n) is 17.4. The van der Waals surface area contributed by atoms with Crippen LogP contribution >= 0.6 is 0 Å². The van der Waals surface area contributed by atoms with E-state index >= 15 is 0 Å². The molecule has 156 valence electrons. The normalized spacial score (nSPS) is 10.8. The van der Waals surface area contributed by atoms with Crippen molar-refractivity contribution in [3.05, 3.63) is 78.9 Å². The maximum absolute atomic E-state index is 11.2. The van der Waals surface area contributed by atoms with Gasteiger partial charge in [-0.25, -0.2) is 0 Å². The summed E-state index contributed by atoms with van der Waals surface area (Å²) in [6, 6.07) is 10.5. The van der Waals surface area contributed by atoms with E-state index in [9.17, 15) is 20.2 Å². The van der Waals surface area contributed by atoms with Gasteiger partial charge in [0.15, 0.2) is 0 Å². The number of nitrogens with zero attached hydrogens (tertiary/aromatic N) is 2. The molecule has 0 atom stereocenters. The number of hydrogen-bond acceptors (Lipinski definition) is 4. The van der Waals surface area contributed by atoms with Crippen LogP contribution in [0, 0.1) is 34.1 Å². The molecule has 0 N–H and O–H groups in total. The first-order valence-electron chi connectivity index (χ1n) is 10.4. The first-order chi connectivity index (χ1) is 13.9. The molecule has 0 aliphatic heterocycles. The summed E-state index contributed by atoms with van der Waals surface area (Å²) in [5, 5.41) is 22.3. The molecule has 0 aliphatic carbocycles. The largest absolute Gasteiger partial charge is 0.272 e. The van der Waals surface area contributed by atoms with Gasteiger partial charge in [0.25, 0.3) is 11.4 Å². The minimum atomic E-state index is -0.291. The minimum absolute atomic E-state index is 0.232. The second kappa shape index (κ2) is 11.3. The molecule has 0 saturated carbocycles. The van der Waals surface area contributed by atoms with Gasteiger partial charge in [0.1, 0.15) is 0 Å². The Morgan fingerprint density at radius 1 is 0.621 bits per heavy atom. The monoisotopic (exact) mass is 398 g/mol. The molecule has 0 amide bonds. The molecule has 29 heavy (non-hydrogen) atoms. The van der Waals surface area contributed by atoms with Gasteiger partial charge in [-0.3, -0.25) is 20.2 Å². The van der Waals surface area contributed by atoms with Crippen LogP contribution in [-0.4, -0.2) is 9.85 Å². The molecule has 2 rings (SSSR count). The molecule has 0 spiro atoms. The minimum Gasteiger partial charge on any atom is -0.258 e. The fraction of sp³-hybridized carbons (Fsp3) is 0.478. The van der Waals surface area contributed by atoms with Crippen molar-refractivity contribution in [3.63, 3.8) is 0 Å². The lowest BCUT2D eigenvalue weighted by molar-refractivity contribution is -0.385. The van der Waals surface area contributed by atoms with Gasteiger partial charge in [0.2, 0.25) is 0 Å². The smallest absolute Gasteiger partial charge is 0.258 e. The van der Waals surface area contributed by atoms with Gasteiger partial charge in [0, 0.05) is 23.3 Å². The van der Waals surface area contributed by atoms with Crippen molar-refractivity contribution in [2.24, 2.45) is 0 Å². The van der Waals surface area contributed by atoms with Crippen molar-refractivity contribution in [2.75, 3.05) is 0 Å². The third kappa shape index (κ3) is 6.66. The van der Waals surface area contributed by atoms with E-state index in [4.69, 9.17) is 0 Å². The second-order valence-corrected chi connectivity index (χ2v) is 7.63. The summed E-state index contributed by atoms with van der Waals surface area (Å²) in [6.07, 6.45) is 8.91. The van der Waals surface area contributed by atoms with Crippen molar-refractivity contribution < 1.29 is 9.85 Å². The van der Waals surface area contributed by atoms with Crippen LogP contribution in [0.5, 0.6) is 0 Å². The molecule has 0 unspecified atom stereocenters. The van der Waals surface area contributed by atoms with Gasteiger partial charge in [-0.05, 0) is 50.7 Å². The number of hydrogen-bond donors (Lipinski definition) is 0. The SMILES string of the molecule is Cc1cccc([N+](=O)[O-])c1CCCCCCCCCc1c(C)cccc1[N+](=O)[O-]. The van der Waals surface area contributed by atoms with Crippen LogP contribution in [-0.2, 0) is 12.8 Å². The molecular weight excluding hydrogens is 368 g/mol. The number of rotatable bonds is 12. The van der Waals surface area contributed by atoms with E-state index in [1.807, 2.05) is 26.0 Å². The highest BCUT2D eigenvalue weighted by atomic mass is 16.6.